The average Bonchev–Trinajstić information content (AvgIpc) is 3.61. The molecule has 0 radical (unpaired) electrons. The summed E-state index contributed by atoms with van der Waals surface area (Å²) in [6.45, 7) is 5.63. The number of nitrogens with one attached hydrogen (secondary N) is 1. The Bertz CT molecular complexity index is 1390. The first-order chi connectivity index (χ1) is 17.0. The van der Waals surface area contributed by atoms with Crippen LogP contribution in [0, 0.1) is 12.3 Å². The molecule has 0 bridgehead atoms. The largest absolute Gasteiger partial charge is 0.495 e. The van der Waals surface area contributed by atoms with Gasteiger partial charge in [0, 0.05) is 67.4 Å². The smallest absolute Gasteiger partial charge is 0.227 e. The third-order valence-electron chi connectivity index (χ3n) is 7.13. The van der Waals surface area contributed by atoms with Crippen LogP contribution in [0.25, 0.3) is 22.3 Å². The summed E-state index contributed by atoms with van der Waals surface area (Å²) in [4.78, 5) is 21.2. The highest BCUT2D eigenvalue weighted by Gasteiger charge is 2.42. The third-order valence-corrected chi connectivity index (χ3v) is 7.13. The van der Waals surface area contributed by atoms with Gasteiger partial charge in [0.25, 0.3) is 0 Å². The van der Waals surface area contributed by atoms with Crippen molar-refractivity contribution >= 4 is 28.4 Å². The zero-order chi connectivity index (χ0) is 24.0. The predicted molar refractivity (Wildman–Crippen MR) is 135 cm³/mol. The Hall–Kier alpha value is -3.72. The fourth-order valence-corrected chi connectivity index (χ4v) is 5.22. The van der Waals surface area contributed by atoms with Crippen molar-refractivity contribution in [2.75, 3.05) is 43.6 Å². The van der Waals surface area contributed by atoms with Gasteiger partial charge in [-0.05, 0) is 44.0 Å². The molecule has 2 aliphatic heterocycles. The number of hydrogen-bond acceptors (Lipinski definition) is 8. The lowest BCUT2D eigenvalue weighted by Crippen LogP contribution is -2.28. The van der Waals surface area contributed by atoms with E-state index in [1.807, 2.05) is 55.2 Å². The Balaban J connectivity index is 1.33. The number of ether oxygens (including phenoxy) is 2. The number of nitrogens with zero attached hydrogens (tertiary/aromatic N) is 6. The molecule has 5 heterocycles. The summed E-state index contributed by atoms with van der Waals surface area (Å²) in [5.74, 6) is 3.00. The molecule has 2 aliphatic rings. The molecule has 0 amide bonds. The molecule has 9 heteroatoms. The summed E-state index contributed by atoms with van der Waals surface area (Å²) in [6, 6.07) is 7.98. The summed E-state index contributed by atoms with van der Waals surface area (Å²) >= 11 is 0. The Labute approximate surface area is 204 Å². The number of benzene rings is 1. The number of methoxy groups -OCH3 is 1. The van der Waals surface area contributed by atoms with E-state index in [1.54, 1.807) is 13.3 Å². The summed E-state index contributed by atoms with van der Waals surface area (Å²) < 4.78 is 13.4. The molecule has 3 aromatic heterocycles. The number of aromatic nitrogens is 5. The number of aryl methyl sites for hydroxylation is 2. The minimum atomic E-state index is 0.244. The van der Waals surface area contributed by atoms with Crippen molar-refractivity contribution in [3.63, 3.8) is 0 Å². The molecule has 9 nitrogen and oxygen atoms in total. The van der Waals surface area contributed by atoms with E-state index < -0.39 is 0 Å². The van der Waals surface area contributed by atoms with Gasteiger partial charge in [-0.25, -0.2) is 19.9 Å². The summed E-state index contributed by atoms with van der Waals surface area (Å²) in [5, 5.41) is 4.33. The molecule has 2 saturated heterocycles. The summed E-state index contributed by atoms with van der Waals surface area (Å²) in [6.07, 6.45) is 7.81. The number of imidazole rings is 1. The summed E-state index contributed by atoms with van der Waals surface area (Å²) in [7, 11) is 3.63. The van der Waals surface area contributed by atoms with Gasteiger partial charge in [0.1, 0.15) is 17.1 Å². The quantitative estimate of drug-likeness (QED) is 0.465. The standard InChI is InChI=1S/C26H29N7O2/c1-17-12-19-14-28-25(30-20-5-4-18(13-21(20)34-3)23-27-8-10-32(23)2)31-22(19)24(29-17)33-9-6-26(15-33)7-11-35-16-26/h4-5,8,10,12-14H,6-7,9,11,15-16H2,1-3H3,(H,28,30,31). The van der Waals surface area contributed by atoms with Gasteiger partial charge in [0.15, 0.2) is 5.82 Å². The maximum atomic E-state index is 5.72. The van der Waals surface area contributed by atoms with Crippen LogP contribution in [0.5, 0.6) is 5.75 Å². The highest BCUT2D eigenvalue weighted by molar-refractivity contribution is 5.89. The Morgan fingerprint density at radius 3 is 2.83 bits per heavy atom. The lowest BCUT2D eigenvalue weighted by Gasteiger charge is -2.23. The van der Waals surface area contributed by atoms with Crippen molar-refractivity contribution in [3.05, 3.63) is 48.5 Å². The Kier molecular flexibility index (Phi) is 5.29. The van der Waals surface area contributed by atoms with Crippen LogP contribution in [0.15, 0.2) is 42.9 Å². The van der Waals surface area contributed by atoms with Crippen molar-refractivity contribution in [2.24, 2.45) is 12.5 Å². The molecule has 1 aromatic carbocycles. The molecular weight excluding hydrogens is 442 g/mol. The van der Waals surface area contributed by atoms with Crippen molar-refractivity contribution in [3.8, 4) is 17.1 Å². The van der Waals surface area contributed by atoms with Crippen LogP contribution in [0.4, 0.5) is 17.5 Å². The van der Waals surface area contributed by atoms with Gasteiger partial charge in [0.2, 0.25) is 5.95 Å². The van der Waals surface area contributed by atoms with E-state index in [0.717, 1.165) is 78.6 Å². The highest BCUT2D eigenvalue weighted by atomic mass is 16.5. The first-order valence-corrected chi connectivity index (χ1v) is 11.9. The van der Waals surface area contributed by atoms with Gasteiger partial charge in [-0.3, -0.25) is 0 Å². The molecule has 1 unspecified atom stereocenters. The average molecular weight is 472 g/mol. The topological polar surface area (TPSA) is 90.2 Å². The molecule has 180 valence electrons. The van der Waals surface area contributed by atoms with Gasteiger partial charge in [-0.2, -0.15) is 0 Å². The Morgan fingerprint density at radius 1 is 1.14 bits per heavy atom. The van der Waals surface area contributed by atoms with Crippen LogP contribution < -0.4 is 15.0 Å². The second kappa shape index (κ2) is 8.49. The van der Waals surface area contributed by atoms with Crippen LogP contribution >= 0.6 is 0 Å². The predicted octanol–water partition coefficient (Wildman–Crippen LogP) is 4.10. The number of anilines is 3. The van der Waals surface area contributed by atoms with Crippen LogP contribution in [0.2, 0.25) is 0 Å². The second-order valence-electron chi connectivity index (χ2n) is 9.59. The van der Waals surface area contributed by atoms with Gasteiger partial charge in [-0.15, -0.1) is 0 Å². The first-order valence-electron chi connectivity index (χ1n) is 11.9. The number of pyridine rings is 1. The molecule has 6 rings (SSSR count). The zero-order valence-electron chi connectivity index (χ0n) is 20.3. The molecular formula is C26H29N7O2. The first kappa shape index (κ1) is 21.8. The monoisotopic (exact) mass is 471 g/mol. The van der Waals surface area contributed by atoms with E-state index in [9.17, 15) is 0 Å². The van der Waals surface area contributed by atoms with E-state index >= 15 is 0 Å². The van der Waals surface area contributed by atoms with E-state index in [-0.39, 0.29) is 5.41 Å². The summed E-state index contributed by atoms with van der Waals surface area (Å²) in [5.41, 5.74) is 3.82. The molecule has 0 saturated carbocycles. The van der Waals surface area contributed by atoms with Gasteiger partial charge >= 0.3 is 0 Å². The minimum Gasteiger partial charge on any atom is -0.495 e. The van der Waals surface area contributed by atoms with Crippen molar-refractivity contribution in [1.29, 1.82) is 0 Å². The number of rotatable bonds is 5. The SMILES string of the molecule is COc1cc(-c2nccn2C)ccc1Nc1ncc2cc(C)nc(N3CCC4(CCOC4)C3)c2n1. The van der Waals surface area contributed by atoms with Crippen LogP contribution in [0.1, 0.15) is 18.5 Å². The normalized spacial score (nSPS) is 19.7. The molecule has 2 fully saturated rings. The van der Waals surface area contributed by atoms with Crippen LogP contribution in [-0.4, -0.2) is 57.9 Å². The van der Waals surface area contributed by atoms with Crippen molar-refractivity contribution in [2.45, 2.75) is 19.8 Å². The van der Waals surface area contributed by atoms with E-state index in [2.05, 4.69) is 20.2 Å². The lowest BCUT2D eigenvalue weighted by molar-refractivity contribution is 0.160. The maximum Gasteiger partial charge on any atom is 0.227 e. The molecule has 0 aliphatic carbocycles. The molecule has 1 atom stereocenters. The number of hydrogen-bond donors (Lipinski definition) is 1. The molecule has 1 spiro atoms. The Morgan fingerprint density at radius 2 is 2.06 bits per heavy atom. The molecule has 4 aromatic rings. The van der Waals surface area contributed by atoms with Gasteiger partial charge in [0.05, 0.1) is 19.4 Å². The van der Waals surface area contributed by atoms with Crippen molar-refractivity contribution < 1.29 is 9.47 Å². The number of fused-ring (bicyclic) bond motifs is 1. The molecule has 1 N–H and O–H groups in total. The molecule has 35 heavy (non-hydrogen) atoms. The van der Waals surface area contributed by atoms with Crippen LogP contribution in [0.3, 0.4) is 0 Å². The highest BCUT2D eigenvalue weighted by Crippen LogP contribution is 2.41. The van der Waals surface area contributed by atoms with E-state index in [4.69, 9.17) is 19.4 Å². The minimum absolute atomic E-state index is 0.244. The van der Waals surface area contributed by atoms with Gasteiger partial charge < -0.3 is 24.3 Å². The maximum absolute atomic E-state index is 5.72. The van der Waals surface area contributed by atoms with Crippen molar-refractivity contribution in [1.82, 2.24) is 24.5 Å². The fourth-order valence-electron chi connectivity index (χ4n) is 5.22. The zero-order valence-corrected chi connectivity index (χ0v) is 20.3. The second-order valence-corrected chi connectivity index (χ2v) is 9.59. The van der Waals surface area contributed by atoms with E-state index in [1.165, 1.54) is 0 Å². The van der Waals surface area contributed by atoms with Gasteiger partial charge in [-0.1, -0.05) is 0 Å². The third kappa shape index (κ3) is 3.95. The van der Waals surface area contributed by atoms with Crippen LogP contribution in [-0.2, 0) is 11.8 Å². The van der Waals surface area contributed by atoms with E-state index in [0.29, 0.717) is 11.7 Å². The fraction of sp³-hybridized carbons (Fsp3) is 0.385. The lowest BCUT2D eigenvalue weighted by atomic mass is 9.87.